The monoisotopic (exact) mass is 396 g/mol. The third-order valence-corrected chi connectivity index (χ3v) is 7.97. The number of rotatable bonds is 5. The van der Waals surface area contributed by atoms with Gasteiger partial charge in [-0.15, -0.1) is 0 Å². The molecule has 0 radical (unpaired) electrons. The predicted octanol–water partition coefficient (Wildman–Crippen LogP) is 1.70. The van der Waals surface area contributed by atoms with E-state index in [1.807, 2.05) is 0 Å². The summed E-state index contributed by atoms with van der Waals surface area (Å²) >= 11 is 0. The van der Waals surface area contributed by atoms with Crippen LogP contribution in [0.2, 0.25) is 0 Å². The Morgan fingerprint density at radius 2 is 1.58 bits per heavy atom. The summed E-state index contributed by atoms with van der Waals surface area (Å²) in [5, 5.41) is 0. The van der Waals surface area contributed by atoms with E-state index in [0.717, 1.165) is 4.31 Å². The van der Waals surface area contributed by atoms with E-state index in [1.165, 1.54) is 43.7 Å². The maximum atomic E-state index is 12.9. The van der Waals surface area contributed by atoms with E-state index in [0.29, 0.717) is 23.4 Å². The van der Waals surface area contributed by atoms with Gasteiger partial charge in [0, 0.05) is 20.6 Å². The minimum absolute atomic E-state index is 0.157. The first-order valence-electron chi connectivity index (χ1n) is 7.90. The Labute approximate surface area is 153 Å². The largest absolute Gasteiger partial charge is 0.497 e. The minimum Gasteiger partial charge on any atom is -0.497 e. The smallest absolute Gasteiger partial charge is 0.264 e. The van der Waals surface area contributed by atoms with Crippen LogP contribution in [-0.4, -0.2) is 48.9 Å². The van der Waals surface area contributed by atoms with Gasteiger partial charge in [0.2, 0.25) is 10.0 Å². The molecule has 0 unspecified atom stereocenters. The van der Waals surface area contributed by atoms with Crippen LogP contribution in [0.5, 0.6) is 5.75 Å². The van der Waals surface area contributed by atoms with E-state index < -0.39 is 20.0 Å². The third-order valence-electron chi connectivity index (χ3n) is 4.33. The van der Waals surface area contributed by atoms with Crippen LogP contribution in [0, 0.1) is 0 Å². The average Bonchev–Trinajstić information content (AvgIpc) is 3.05. The molecule has 1 aliphatic rings. The molecular formula is C17H20N2O5S2. The highest BCUT2D eigenvalue weighted by Gasteiger charge is 2.32. The summed E-state index contributed by atoms with van der Waals surface area (Å²) in [6, 6.07) is 10.7. The number of nitrogens with zero attached hydrogens (tertiary/aromatic N) is 2. The van der Waals surface area contributed by atoms with E-state index in [1.54, 1.807) is 24.3 Å². The van der Waals surface area contributed by atoms with Crippen LogP contribution in [0.4, 0.5) is 5.69 Å². The molecule has 7 nitrogen and oxygen atoms in total. The van der Waals surface area contributed by atoms with Crippen molar-refractivity contribution in [2.75, 3.05) is 32.1 Å². The average molecular weight is 396 g/mol. The van der Waals surface area contributed by atoms with Gasteiger partial charge in [-0.2, -0.15) is 0 Å². The fraction of sp³-hybridized carbons (Fsp3) is 0.294. The molecular weight excluding hydrogens is 376 g/mol. The van der Waals surface area contributed by atoms with Crippen molar-refractivity contribution in [1.82, 2.24) is 4.31 Å². The molecule has 2 aromatic rings. The second kappa shape index (κ2) is 6.57. The molecule has 0 fully saturated rings. The summed E-state index contributed by atoms with van der Waals surface area (Å²) in [6.45, 7) is 0.273. The predicted molar refractivity (Wildman–Crippen MR) is 98.5 cm³/mol. The van der Waals surface area contributed by atoms with Gasteiger partial charge in [0.25, 0.3) is 10.0 Å². The van der Waals surface area contributed by atoms with E-state index >= 15 is 0 Å². The second-order valence-corrected chi connectivity index (χ2v) is 10.1. The van der Waals surface area contributed by atoms with Crippen molar-refractivity contribution in [2.24, 2.45) is 0 Å². The molecule has 0 aliphatic carbocycles. The molecule has 26 heavy (non-hydrogen) atoms. The lowest BCUT2D eigenvalue weighted by atomic mass is 10.2. The van der Waals surface area contributed by atoms with Crippen LogP contribution in [0.15, 0.2) is 52.3 Å². The topological polar surface area (TPSA) is 84.0 Å². The molecule has 0 spiro atoms. The molecule has 2 aromatic carbocycles. The van der Waals surface area contributed by atoms with Crippen molar-refractivity contribution in [2.45, 2.75) is 16.2 Å². The second-order valence-electron chi connectivity index (χ2n) is 6.08. The summed E-state index contributed by atoms with van der Waals surface area (Å²) in [6.07, 6.45) is 0.460. The number of hydrogen-bond donors (Lipinski definition) is 0. The van der Waals surface area contributed by atoms with Gasteiger partial charge in [-0.3, -0.25) is 4.31 Å². The Kier molecular flexibility index (Phi) is 4.72. The highest BCUT2D eigenvalue weighted by atomic mass is 32.2. The Morgan fingerprint density at radius 3 is 2.15 bits per heavy atom. The number of fused-ring (bicyclic) bond motifs is 1. The van der Waals surface area contributed by atoms with Gasteiger partial charge in [0.15, 0.2) is 0 Å². The summed E-state index contributed by atoms with van der Waals surface area (Å²) in [4.78, 5) is 0.320. The molecule has 0 saturated carbocycles. The fourth-order valence-corrected chi connectivity index (χ4v) is 5.30. The minimum atomic E-state index is -3.72. The Morgan fingerprint density at radius 1 is 0.962 bits per heavy atom. The Hall–Kier alpha value is -2.10. The molecule has 0 atom stereocenters. The molecule has 0 aromatic heterocycles. The van der Waals surface area contributed by atoms with Gasteiger partial charge in [-0.1, -0.05) is 0 Å². The van der Waals surface area contributed by atoms with Crippen molar-refractivity contribution in [3.05, 3.63) is 48.0 Å². The zero-order valence-corrected chi connectivity index (χ0v) is 16.3. The summed E-state index contributed by atoms with van der Waals surface area (Å²) in [5.74, 6) is 0.573. The zero-order chi connectivity index (χ0) is 19.1. The van der Waals surface area contributed by atoms with Crippen molar-refractivity contribution in [1.29, 1.82) is 0 Å². The van der Waals surface area contributed by atoms with Crippen LogP contribution >= 0.6 is 0 Å². The summed E-state index contributed by atoms with van der Waals surface area (Å²) in [5.41, 5.74) is 1.21. The number of methoxy groups -OCH3 is 1. The van der Waals surface area contributed by atoms with Gasteiger partial charge < -0.3 is 4.74 Å². The molecule has 1 heterocycles. The number of hydrogen-bond acceptors (Lipinski definition) is 5. The van der Waals surface area contributed by atoms with Crippen molar-refractivity contribution >= 4 is 25.7 Å². The molecule has 9 heteroatoms. The maximum Gasteiger partial charge on any atom is 0.264 e. The van der Waals surface area contributed by atoms with E-state index in [9.17, 15) is 16.8 Å². The molecule has 0 amide bonds. The Bertz CT molecular complexity index is 1030. The highest BCUT2D eigenvalue weighted by Crippen LogP contribution is 2.35. The van der Waals surface area contributed by atoms with Gasteiger partial charge in [-0.05, 0) is 54.4 Å². The number of anilines is 1. The van der Waals surface area contributed by atoms with E-state index in [4.69, 9.17) is 4.74 Å². The molecule has 3 rings (SSSR count). The molecule has 0 saturated heterocycles. The number of sulfonamides is 2. The summed E-state index contributed by atoms with van der Waals surface area (Å²) in [7, 11) is -2.85. The fourth-order valence-electron chi connectivity index (χ4n) is 2.84. The van der Waals surface area contributed by atoms with Gasteiger partial charge in [-0.25, -0.2) is 21.1 Å². The number of ether oxygens (including phenoxy) is 1. The normalized spacial score (nSPS) is 14.5. The maximum absolute atomic E-state index is 12.9. The number of benzene rings is 2. The first kappa shape index (κ1) is 18.7. The van der Waals surface area contributed by atoms with Gasteiger partial charge in [0.05, 0.1) is 22.6 Å². The summed E-state index contributed by atoms with van der Waals surface area (Å²) < 4.78 is 57.9. The molecule has 140 valence electrons. The third kappa shape index (κ3) is 3.06. The SMILES string of the molecule is COc1ccc(S(=O)(=O)N2CCc3cc(S(=O)(=O)N(C)C)ccc32)cc1. The Balaban J connectivity index is 1.99. The standard InChI is InChI=1S/C17H20N2O5S2/c1-18(2)25(20,21)16-8-9-17-13(12-16)10-11-19(17)26(22,23)15-6-4-14(24-3)5-7-15/h4-9,12H,10-11H2,1-3H3. The first-order valence-corrected chi connectivity index (χ1v) is 10.8. The lowest BCUT2D eigenvalue weighted by Crippen LogP contribution is -2.29. The first-order chi connectivity index (χ1) is 12.2. The molecule has 0 N–H and O–H groups in total. The van der Waals surface area contributed by atoms with E-state index in [-0.39, 0.29) is 16.3 Å². The van der Waals surface area contributed by atoms with Crippen LogP contribution in [0.1, 0.15) is 5.56 Å². The van der Waals surface area contributed by atoms with Crippen molar-refractivity contribution < 1.29 is 21.6 Å². The van der Waals surface area contributed by atoms with Crippen molar-refractivity contribution in [3.8, 4) is 5.75 Å². The van der Waals surface area contributed by atoms with Crippen LogP contribution < -0.4 is 9.04 Å². The molecule has 0 bridgehead atoms. The lowest BCUT2D eigenvalue weighted by molar-refractivity contribution is 0.414. The quantitative estimate of drug-likeness (QED) is 0.768. The lowest BCUT2D eigenvalue weighted by Gasteiger charge is -2.20. The molecule has 1 aliphatic heterocycles. The zero-order valence-electron chi connectivity index (χ0n) is 14.7. The van der Waals surface area contributed by atoms with Crippen LogP contribution in [0.3, 0.4) is 0 Å². The highest BCUT2D eigenvalue weighted by molar-refractivity contribution is 7.92. The van der Waals surface area contributed by atoms with Crippen LogP contribution in [0.25, 0.3) is 0 Å². The van der Waals surface area contributed by atoms with Crippen molar-refractivity contribution in [3.63, 3.8) is 0 Å². The van der Waals surface area contributed by atoms with Gasteiger partial charge >= 0.3 is 0 Å². The van der Waals surface area contributed by atoms with Gasteiger partial charge in [0.1, 0.15) is 5.75 Å². The van der Waals surface area contributed by atoms with E-state index in [2.05, 4.69) is 0 Å². The van der Waals surface area contributed by atoms with Crippen LogP contribution in [-0.2, 0) is 26.5 Å².